The van der Waals surface area contributed by atoms with Gasteiger partial charge in [-0.1, -0.05) is 18.6 Å². The summed E-state index contributed by atoms with van der Waals surface area (Å²) in [6, 6.07) is 6.67. The number of hydrogen-bond donors (Lipinski definition) is 1. The average Bonchev–Trinajstić information content (AvgIpc) is 3.46. The molecule has 1 amide bonds. The molecule has 8 nitrogen and oxygen atoms in total. The van der Waals surface area contributed by atoms with E-state index in [1.807, 2.05) is 6.92 Å². The molecule has 9 heteroatoms. The monoisotopic (exact) mass is 478 g/mol. The van der Waals surface area contributed by atoms with E-state index in [9.17, 15) is 18.0 Å². The first-order chi connectivity index (χ1) is 15.8. The van der Waals surface area contributed by atoms with Crippen LogP contribution in [0.1, 0.15) is 44.6 Å². The SMILES string of the molecule is C[C@@H](NC(=O)COC(=O)CCc1ccc(S(=O)(=O)N2CCOCC2)cc1)[C@@H]1C[C@H]2CC[C@H]1C2. The van der Waals surface area contributed by atoms with Crippen molar-refractivity contribution in [2.24, 2.45) is 17.8 Å². The van der Waals surface area contributed by atoms with Gasteiger partial charge in [-0.3, -0.25) is 9.59 Å². The maximum Gasteiger partial charge on any atom is 0.306 e. The highest BCUT2D eigenvalue weighted by Crippen LogP contribution is 2.49. The van der Waals surface area contributed by atoms with Crippen molar-refractivity contribution in [3.8, 4) is 0 Å². The molecule has 0 unspecified atom stereocenters. The Morgan fingerprint density at radius 3 is 2.52 bits per heavy atom. The van der Waals surface area contributed by atoms with Gasteiger partial charge in [0.25, 0.3) is 5.91 Å². The van der Waals surface area contributed by atoms with E-state index in [4.69, 9.17) is 9.47 Å². The van der Waals surface area contributed by atoms with E-state index in [-0.39, 0.29) is 29.9 Å². The van der Waals surface area contributed by atoms with Gasteiger partial charge in [0.05, 0.1) is 18.1 Å². The molecule has 3 aliphatic rings. The minimum atomic E-state index is -3.53. The molecule has 33 heavy (non-hydrogen) atoms. The van der Waals surface area contributed by atoms with Crippen molar-refractivity contribution in [3.63, 3.8) is 0 Å². The van der Waals surface area contributed by atoms with Crippen molar-refractivity contribution >= 4 is 21.9 Å². The lowest BCUT2D eigenvalue weighted by molar-refractivity contribution is -0.148. The molecule has 0 spiro atoms. The third-order valence-electron chi connectivity index (χ3n) is 7.34. The smallest absolute Gasteiger partial charge is 0.306 e. The van der Waals surface area contributed by atoms with Gasteiger partial charge in [-0.15, -0.1) is 0 Å². The summed E-state index contributed by atoms with van der Waals surface area (Å²) in [5, 5.41) is 3.00. The molecule has 3 fully saturated rings. The number of ether oxygens (including phenoxy) is 2. The number of rotatable bonds is 9. The fourth-order valence-corrected chi connectivity index (χ4v) is 6.95. The van der Waals surface area contributed by atoms with Crippen LogP contribution in [0.3, 0.4) is 0 Å². The maximum atomic E-state index is 12.7. The van der Waals surface area contributed by atoms with Gasteiger partial charge in [-0.25, -0.2) is 8.42 Å². The molecule has 182 valence electrons. The second-order valence-corrected chi connectivity index (χ2v) is 11.5. The highest BCUT2D eigenvalue weighted by Gasteiger charge is 2.42. The molecule has 2 bridgehead atoms. The predicted octanol–water partition coefficient (Wildman–Crippen LogP) is 2.12. The first-order valence-corrected chi connectivity index (χ1v) is 13.4. The van der Waals surface area contributed by atoms with Crippen LogP contribution in [0, 0.1) is 17.8 Å². The topological polar surface area (TPSA) is 102 Å². The molecule has 1 aromatic rings. The van der Waals surface area contributed by atoms with Crippen LogP contribution in [0.25, 0.3) is 0 Å². The lowest BCUT2D eigenvalue weighted by atomic mass is 9.84. The van der Waals surface area contributed by atoms with Crippen LogP contribution in [-0.2, 0) is 35.5 Å². The Morgan fingerprint density at radius 2 is 1.88 bits per heavy atom. The number of hydrogen-bond acceptors (Lipinski definition) is 6. The lowest BCUT2D eigenvalue weighted by Gasteiger charge is -2.28. The Balaban J connectivity index is 1.18. The van der Waals surface area contributed by atoms with Crippen LogP contribution in [0.2, 0.25) is 0 Å². The van der Waals surface area contributed by atoms with Crippen molar-refractivity contribution in [2.45, 2.75) is 56.4 Å². The van der Waals surface area contributed by atoms with Crippen molar-refractivity contribution in [1.29, 1.82) is 0 Å². The molecular weight excluding hydrogens is 444 g/mol. The van der Waals surface area contributed by atoms with Crippen LogP contribution in [0.15, 0.2) is 29.2 Å². The number of aryl methyl sites for hydroxylation is 1. The lowest BCUT2D eigenvalue weighted by Crippen LogP contribution is -2.42. The number of carbonyl (C=O) groups is 2. The number of esters is 1. The van der Waals surface area contributed by atoms with Gasteiger partial charge >= 0.3 is 5.97 Å². The van der Waals surface area contributed by atoms with E-state index >= 15 is 0 Å². The first-order valence-electron chi connectivity index (χ1n) is 11.9. The molecule has 2 aliphatic carbocycles. The van der Waals surface area contributed by atoms with E-state index in [0.29, 0.717) is 38.6 Å². The van der Waals surface area contributed by atoms with Crippen LogP contribution in [0.5, 0.6) is 0 Å². The molecule has 4 atom stereocenters. The normalized spacial score (nSPS) is 26.2. The number of nitrogens with one attached hydrogen (secondary N) is 1. The molecule has 1 aromatic carbocycles. The van der Waals surface area contributed by atoms with Gasteiger partial charge in [0, 0.05) is 25.6 Å². The van der Waals surface area contributed by atoms with Crippen LogP contribution >= 0.6 is 0 Å². The summed E-state index contributed by atoms with van der Waals surface area (Å²) in [5.41, 5.74) is 0.835. The standard InChI is InChI=1S/C24H34N2O6S/c1-17(22-15-19-2-6-20(22)14-19)25-23(27)16-32-24(28)9-5-18-3-7-21(8-4-18)33(29,30)26-10-12-31-13-11-26/h3-4,7-8,17,19-20,22H,2,5-6,9-16H2,1H3,(H,25,27)/t17-,19+,20+,22+/m1/s1. The molecule has 0 radical (unpaired) electrons. The molecule has 1 heterocycles. The fraction of sp³-hybridized carbons (Fsp3) is 0.667. The summed E-state index contributed by atoms with van der Waals surface area (Å²) in [4.78, 5) is 24.5. The quantitative estimate of drug-likeness (QED) is 0.546. The summed E-state index contributed by atoms with van der Waals surface area (Å²) >= 11 is 0. The summed E-state index contributed by atoms with van der Waals surface area (Å²) in [6.07, 6.45) is 5.62. The highest BCUT2D eigenvalue weighted by atomic mass is 32.2. The minimum absolute atomic E-state index is 0.110. The van der Waals surface area contributed by atoms with Crippen LogP contribution in [0.4, 0.5) is 0 Å². The highest BCUT2D eigenvalue weighted by molar-refractivity contribution is 7.89. The summed E-state index contributed by atoms with van der Waals surface area (Å²) < 4.78 is 37.1. The third kappa shape index (κ3) is 5.94. The maximum absolute atomic E-state index is 12.7. The zero-order valence-electron chi connectivity index (χ0n) is 19.2. The third-order valence-corrected chi connectivity index (χ3v) is 9.25. The molecule has 2 saturated carbocycles. The number of sulfonamides is 1. The molecule has 4 rings (SSSR count). The number of fused-ring (bicyclic) bond motifs is 2. The zero-order chi connectivity index (χ0) is 23.4. The molecule has 1 N–H and O–H groups in total. The van der Waals surface area contributed by atoms with E-state index in [1.165, 1.54) is 30.0 Å². The fourth-order valence-electron chi connectivity index (χ4n) is 5.54. The average molecular weight is 479 g/mol. The van der Waals surface area contributed by atoms with Gasteiger partial charge in [-0.2, -0.15) is 4.31 Å². The van der Waals surface area contributed by atoms with E-state index < -0.39 is 16.0 Å². The number of benzene rings is 1. The van der Waals surface area contributed by atoms with Crippen molar-refractivity contribution < 1.29 is 27.5 Å². The summed E-state index contributed by atoms with van der Waals surface area (Å²) in [5.74, 6) is 1.39. The van der Waals surface area contributed by atoms with Crippen molar-refractivity contribution in [2.75, 3.05) is 32.9 Å². The van der Waals surface area contributed by atoms with Gasteiger partial charge < -0.3 is 14.8 Å². The van der Waals surface area contributed by atoms with E-state index in [1.54, 1.807) is 24.3 Å². The summed E-state index contributed by atoms with van der Waals surface area (Å²) in [6.45, 7) is 3.29. The first kappa shape index (κ1) is 24.2. The van der Waals surface area contributed by atoms with Crippen LogP contribution < -0.4 is 5.32 Å². The van der Waals surface area contributed by atoms with E-state index in [2.05, 4.69) is 5.32 Å². The largest absolute Gasteiger partial charge is 0.456 e. The second-order valence-electron chi connectivity index (χ2n) is 9.52. The zero-order valence-corrected chi connectivity index (χ0v) is 20.0. The van der Waals surface area contributed by atoms with E-state index in [0.717, 1.165) is 17.4 Å². The second kappa shape index (κ2) is 10.5. The van der Waals surface area contributed by atoms with Gasteiger partial charge in [0.1, 0.15) is 0 Å². The minimum Gasteiger partial charge on any atom is -0.456 e. The number of morpholine rings is 1. The molecular formula is C24H34N2O6S. The number of carbonyl (C=O) groups excluding carboxylic acids is 2. The molecule has 1 aliphatic heterocycles. The Labute approximate surface area is 196 Å². The number of amides is 1. The Morgan fingerprint density at radius 1 is 1.15 bits per heavy atom. The Kier molecular flexibility index (Phi) is 7.71. The Hall–Kier alpha value is -1.97. The predicted molar refractivity (Wildman–Crippen MR) is 122 cm³/mol. The van der Waals surface area contributed by atoms with Gasteiger partial charge in [-0.05, 0) is 68.1 Å². The van der Waals surface area contributed by atoms with Gasteiger partial charge in [0.15, 0.2) is 6.61 Å². The number of nitrogens with zero attached hydrogens (tertiary/aromatic N) is 1. The summed E-state index contributed by atoms with van der Waals surface area (Å²) in [7, 11) is -3.53. The van der Waals surface area contributed by atoms with Crippen LogP contribution in [-0.4, -0.2) is 63.6 Å². The molecule has 1 saturated heterocycles. The van der Waals surface area contributed by atoms with Gasteiger partial charge in [0.2, 0.25) is 10.0 Å². The Bertz CT molecular complexity index is 942. The van der Waals surface area contributed by atoms with Crippen molar-refractivity contribution in [3.05, 3.63) is 29.8 Å². The van der Waals surface area contributed by atoms with Crippen molar-refractivity contribution in [1.82, 2.24) is 9.62 Å². The molecule has 0 aromatic heterocycles.